The molecule has 2 heterocycles. The van der Waals surface area contributed by atoms with E-state index in [2.05, 4.69) is 23.2 Å². The molecule has 140 valence electrons. The van der Waals surface area contributed by atoms with Gasteiger partial charge < -0.3 is 4.42 Å². The zero-order valence-corrected chi connectivity index (χ0v) is 16.7. The van der Waals surface area contributed by atoms with Crippen LogP contribution in [0.5, 0.6) is 0 Å². The van der Waals surface area contributed by atoms with E-state index in [0.717, 1.165) is 40.1 Å². The van der Waals surface area contributed by atoms with Gasteiger partial charge in [0.05, 0.1) is 0 Å². The van der Waals surface area contributed by atoms with Crippen LogP contribution in [-0.4, -0.2) is 22.1 Å². The van der Waals surface area contributed by atoms with Crippen molar-refractivity contribution in [2.45, 2.75) is 49.2 Å². The van der Waals surface area contributed by atoms with E-state index in [9.17, 15) is 9.59 Å². The molecule has 0 bridgehead atoms. The van der Waals surface area contributed by atoms with E-state index in [1.807, 2.05) is 12.1 Å². The molecule has 1 aliphatic carbocycles. The average Bonchev–Trinajstić information content (AvgIpc) is 3.36. The number of nitrogens with zero attached hydrogens (tertiary/aromatic N) is 3. The summed E-state index contributed by atoms with van der Waals surface area (Å²) < 4.78 is 6.14. The first-order valence-corrected chi connectivity index (χ1v) is 10.7. The SMILES string of the molecule is CCc1ccc2c(CSc3nnc(N(C(C)=O)C4CC4)s3)cc(=O)oc2c1. The Bertz CT molecular complexity index is 1060. The van der Waals surface area contributed by atoms with E-state index in [0.29, 0.717) is 16.5 Å². The van der Waals surface area contributed by atoms with E-state index < -0.39 is 0 Å². The monoisotopic (exact) mass is 401 g/mol. The van der Waals surface area contributed by atoms with Crippen molar-refractivity contribution in [1.29, 1.82) is 0 Å². The van der Waals surface area contributed by atoms with Crippen molar-refractivity contribution >= 4 is 45.1 Å². The van der Waals surface area contributed by atoms with Crippen molar-refractivity contribution in [3.8, 4) is 0 Å². The molecular formula is C19H19N3O3S2. The minimum absolute atomic E-state index is 0.00332. The van der Waals surface area contributed by atoms with Gasteiger partial charge in [-0.25, -0.2) is 4.79 Å². The Morgan fingerprint density at radius 3 is 2.85 bits per heavy atom. The molecule has 0 saturated heterocycles. The fourth-order valence-corrected chi connectivity index (χ4v) is 4.94. The van der Waals surface area contributed by atoms with Gasteiger partial charge in [0.2, 0.25) is 11.0 Å². The van der Waals surface area contributed by atoms with Crippen molar-refractivity contribution in [3.05, 3.63) is 45.8 Å². The average molecular weight is 402 g/mol. The molecule has 4 rings (SSSR count). The molecule has 1 saturated carbocycles. The lowest BCUT2D eigenvalue weighted by molar-refractivity contribution is -0.116. The number of hydrogen-bond donors (Lipinski definition) is 0. The molecule has 27 heavy (non-hydrogen) atoms. The number of amides is 1. The quantitative estimate of drug-likeness (QED) is 0.353. The maximum Gasteiger partial charge on any atom is 0.336 e. The molecule has 1 amide bonds. The molecule has 0 N–H and O–H groups in total. The Balaban J connectivity index is 1.55. The molecule has 0 aliphatic heterocycles. The maximum atomic E-state index is 11.9. The van der Waals surface area contributed by atoms with Gasteiger partial charge in [-0.1, -0.05) is 42.2 Å². The number of thioether (sulfide) groups is 1. The second kappa shape index (κ2) is 7.44. The van der Waals surface area contributed by atoms with Crippen LogP contribution in [0.3, 0.4) is 0 Å². The molecule has 1 aliphatic rings. The second-order valence-electron chi connectivity index (χ2n) is 6.53. The van der Waals surface area contributed by atoms with E-state index in [-0.39, 0.29) is 17.6 Å². The molecule has 0 atom stereocenters. The number of aryl methyl sites for hydroxylation is 1. The van der Waals surface area contributed by atoms with Crippen LogP contribution in [0.25, 0.3) is 11.0 Å². The highest BCUT2D eigenvalue weighted by atomic mass is 32.2. The van der Waals surface area contributed by atoms with E-state index in [1.165, 1.54) is 29.2 Å². The van der Waals surface area contributed by atoms with Gasteiger partial charge in [0.1, 0.15) is 5.58 Å². The summed E-state index contributed by atoms with van der Waals surface area (Å²) in [6, 6.07) is 7.79. The number of hydrogen-bond acceptors (Lipinski definition) is 7. The normalized spacial score (nSPS) is 13.9. The van der Waals surface area contributed by atoms with Crippen LogP contribution in [0, 0.1) is 0 Å². The number of rotatable bonds is 6. The number of aromatic nitrogens is 2. The van der Waals surface area contributed by atoms with Gasteiger partial charge in [0, 0.05) is 30.2 Å². The van der Waals surface area contributed by atoms with Gasteiger partial charge in [-0.05, 0) is 36.5 Å². The molecule has 0 spiro atoms. The van der Waals surface area contributed by atoms with Crippen molar-refractivity contribution in [2.75, 3.05) is 4.90 Å². The number of carbonyl (C=O) groups is 1. The third-order valence-electron chi connectivity index (χ3n) is 4.51. The first kappa shape index (κ1) is 18.2. The van der Waals surface area contributed by atoms with Crippen LogP contribution in [-0.2, 0) is 17.0 Å². The van der Waals surface area contributed by atoms with Gasteiger partial charge in [-0.15, -0.1) is 10.2 Å². The smallest absolute Gasteiger partial charge is 0.336 e. The molecule has 3 aromatic rings. The summed E-state index contributed by atoms with van der Waals surface area (Å²) in [7, 11) is 0. The van der Waals surface area contributed by atoms with Crippen LogP contribution in [0.4, 0.5) is 5.13 Å². The zero-order chi connectivity index (χ0) is 19.0. The first-order chi connectivity index (χ1) is 13.0. The van der Waals surface area contributed by atoms with Gasteiger partial charge in [-0.2, -0.15) is 0 Å². The lowest BCUT2D eigenvalue weighted by Gasteiger charge is -2.15. The van der Waals surface area contributed by atoms with Crippen molar-refractivity contribution in [3.63, 3.8) is 0 Å². The third-order valence-corrected chi connectivity index (χ3v) is 6.61. The predicted octanol–water partition coefficient (Wildman–Crippen LogP) is 4.01. The minimum atomic E-state index is -0.346. The predicted molar refractivity (Wildman–Crippen MR) is 108 cm³/mol. The Hall–Kier alpha value is -2.19. The lowest BCUT2D eigenvalue weighted by Crippen LogP contribution is -2.30. The Morgan fingerprint density at radius 2 is 2.15 bits per heavy atom. The van der Waals surface area contributed by atoms with Crippen LogP contribution in [0.15, 0.2) is 37.8 Å². The lowest BCUT2D eigenvalue weighted by atomic mass is 10.1. The molecule has 0 radical (unpaired) electrons. The fourth-order valence-electron chi connectivity index (χ4n) is 2.99. The Morgan fingerprint density at radius 1 is 1.33 bits per heavy atom. The van der Waals surface area contributed by atoms with Crippen LogP contribution < -0.4 is 10.5 Å². The number of benzene rings is 1. The molecular weight excluding hydrogens is 382 g/mol. The Kier molecular flexibility index (Phi) is 5.01. The second-order valence-corrected chi connectivity index (χ2v) is 8.71. The van der Waals surface area contributed by atoms with Crippen molar-refractivity contribution < 1.29 is 9.21 Å². The van der Waals surface area contributed by atoms with Gasteiger partial charge in [0.15, 0.2) is 4.34 Å². The Labute approximate surface area is 164 Å². The minimum Gasteiger partial charge on any atom is -0.423 e. The number of fused-ring (bicyclic) bond motifs is 1. The zero-order valence-electron chi connectivity index (χ0n) is 15.1. The van der Waals surface area contributed by atoms with Gasteiger partial charge in [0.25, 0.3) is 0 Å². The molecule has 1 aromatic carbocycles. The highest BCUT2D eigenvalue weighted by Gasteiger charge is 2.34. The third kappa shape index (κ3) is 3.91. The molecule has 1 fully saturated rings. The summed E-state index contributed by atoms with van der Waals surface area (Å²) >= 11 is 2.93. The van der Waals surface area contributed by atoms with Crippen molar-refractivity contribution in [2.24, 2.45) is 0 Å². The summed E-state index contributed by atoms with van der Waals surface area (Å²) in [5, 5.41) is 9.98. The van der Waals surface area contributed by atoms with E-state index >= 15 is 0 Å². The number of anilines is 1. The highest BCUT2D eigenvalue weighted by Crippen LogP contribution is 2.37. The highest BCUT2D eigenvalue weighted by molar-refractivity contribution is 8.00. The maximum absolute atomic E-state index is 11.9. The molecule has 0 unspecified atom stereocenters. The summed E-state index contributed by atoms with van der Waals surface area (Å²) in [5.41, 5.74) is 2.32. The molecule has 2 aromatic heterocycles. The fraction of sp³-hybridized carbons (Fsp3) is 0.368. The van der Waals surface area contributed by atoms with Gasteiger partial charge in [-0.3, -0.25) is 9.69 Å². The van der Waals surface area contributed by atoms with Crippen LogP contribution >= 0.6 is 23.1 Å². The number of carbonyl (C=O) groups excluding carboxylic acids is 1. The van der Waals surface area contributed by atoms with Crippen molar-refractivity contribution in [1.82, 2.24) is 10.2 Å². The summed E-state index contributed by atoms with van der Waals surface area (Å²) in [6.45, 7) is 3.63. The summed E-state index contributed by atoms with van der Waals surface area (Å²) in [5.74, 6) is 0.592. The topological polar surface area (TPSA) is 76.3 Å². The van der Waals surface area contributed by atoms with E-state index in [4.69, 9.17) is 4.42 Å². The van der Waals surface area contributed by atoms with Gasteiger partial charge >= 0.3 is 5.63 Å². The standard InChI is InChI=1S/C19H19N3O3S2/c1-3-12-4-7-15-13(9-17(24)25-16(15)8-12)10-26-19-21-20-18(27-19)22(11(2)23)14-5-6-14/h4,7-9,14H,3,5-6,10H2,1-2H3. The van der Waals surface area contributed by atoms with Crippen LogP contribution in [0.1, 0.15) is 37.8 Å². The summed E-state index contributed by atoms with van der Waals surface area (Å²) in [6.07, 6.45) is 2.93. The largest absolute Gasteiger partial charge is 0.423 e. The van der Waals surface area contributed by atoms with Crippen LogP contribution in [0.2, 0.25) is 0 Å². The molecule has 6 nitrogen and oxygen atoms in total. The molecule has 8 heteroatoms. The first-order valence-electron chi connectivity index (χ1n) is 8.87. The summed E-state index contributed by atoms with van der Waals surface area (Å²) in [4.78, 5) is 25.5. The van der Waals surface area contributed by atoms with E-state index in [1.54, 1.807) is 11.8 Å².